The summed E-state index contributed by atoms with van der Waals surface area (Å²) in [6.07, 6.45) is 3.55. The van der Waals surface area contributed by atoms with E-state index in [2.05, 4.69) is 10.2 Å². The summed E-state index contributed by atoms with van der Waals surface area (Å²) < 4.78 is 38.8. The zero-order valence-corrected chi connectivity index (χ0v) is 17.9. The van der Waals surface area contributed by atoms with E-state index in [1.54, 1.807) is 24.5 Å². The minimum atomic E-state index is -0.485. The van der Waals surface area contributed by atoms with E-state index < -0.39 is 17.3 Å². The zero-order valence-electron chi connectivity index (χ0n) is 17.9. The van der Waals surface area contributed by atoms with Gasteiger partial charge in [-0.15, -0.1) is 0 Å². The molecule has 0 fully saturated rings. The van der Waals surface area contributed by atoms with Crippen molar-refractivity contribution in [1.82, 2.24) is 23.9 Å². The van der Waals surface area contributed by atoms with Crippen LogP contribution >= 0.6 is 0 Å². The van der Waals surface area contributed by atoms with E-state index >= 15 is 0 Å². The van der Waals surface area contributed by atoms with Gasteiger partial charge >= 0.3 is 5.69 Å². The second-order valence-electron chi connectivity index (χ2n) is 7.77. The number of aryl methyl sites for hydroxylation is 1. The molecule has 3 heterocycles. The molecule has 0 radical (unpaired) electrons. The first-order valence-corrected chi connectivity index (χ1v) is 10.5. The minimum absolute atomic E-state index is 0.305. The Morgan fingerprint density at radius 3 is 2.52 bits per heavy atom. The summed E-state index contributed by atoms with van der Waals surface area (Å²) in [5.41, 5.74) is 7.56. The average molecular weight is 452 g/mol. The van der Waals surface area contributed by atoms with E-state index in [1.165, 1.54) is 28.8 Å². The molecule has 0 aliphatic carbocycles. The molecule has 5 rings (SSSR count). The monoisotopic (exact) mass is 452 g/mol. The highest BCUT2D eigenvalue weighted by Crippen LogP contribution is 2.32. The van der Waals surface area contributed by atoms with E-state index in [9.17, 15) is 13.6 Å². The molecule has 0 saturated carbocycles. The maximum Gasteiger partial charge on any atom is 0.348 e. The van der Waals surface area contributed by atoms with Crippen LogP contribution in [0.2, 0.25) is 0 Å². The standard InChI is InChI=1S/C23H22F2N6O2/c1-29-12-18(16-10-14(24)2-4-19(16)29)22-27-28-23(32)31(22)21-13-30(7-9-33-8-6-26)20-5-3-15(25)11-17(20)21/h2-5,10-13H,6-9,26H2,1H3,(H,28,32). The predicted octanol–water partition coefficient (Wildman–Crippen LogP) is 2.93. The predicted molar refractivity (Wildman–Crippen MR) is 121 cm³/mol. The molecule has 0 unspecified atom stereocenters. The maximum atomic E-state index is 14.2. The SMILES string of the molecule is Cn1cc(-c2n[nH]c(=O)n2-c2cn(CCOCCN)c3ccc(F)cc23)c2cc(F)ccc21. The summed E-state index contributed by atoms with van der Waals surface area (Å²) in [6.45, 7) is 1.75. The van der Waals surface area contributed by atoms with Crippen molar-refractivity contribution < 1.29 is 13.5 Å². The molecule has 0 aliphatic rings. The Bertz CT molecular complexity index is 1530. The largest absolute Gasteiger partial charge is 0.378 e. The van der Waals surface area contributed by atoms with Crippen LogP contribution in [0.1, 0.15) is 0 Å². The van der Waals surface area contributed by atoms with E-state index in [4.69, 9.17) is 10.5 Å². The molecule has 0 saturated heterocycles. The third kappa shape index (κ3) is 3.62. The molecule has 8 nitrogen and oxygen atoms in total. The molecule has 0 bridgehead atoms. The average Bonchev–Trinajstić information content (AvgIpc) is 3.44. The Morgan fingerprint density at radius 1 is 1.03 bits per heavy atom. The highest BCUT2D eigenvalue weighted by atomic mass is 19.1. The lowest BCUT2D eigenvalue weighted by Crippen LogP contribution is -2.15. The number of fused-ring (bicyclic) bond motifs is 2. The smallest absolute Gasteiger partial charge is 0.348 e. The van der Waals surface area contributed by atoms with Gasteiger partial charge < -0.3 is 19.6 Å². The topological polar surface area (TPSA) is 95.8 Å². The Balaban J connectivity index is 1.70. The van der Waals surface area contributed by atoms with Gasteiger partial charge in [0, 0.05) is 54.4 Å². The van der Waals surface area contributed by atoms with Crippen LogP contribution in [0.25, 0.3) is 38.9 Å². The number of H-pyrrole nitrogens is 1. The second-order valence-corrected chi connectivity index (χ2v) is 7.77. The fourth-order valence-electron chi connectivity index (χ4n) is 4.21. The van der Waals surface area contributed by atoms with Crippen molar-refractivity contribution in [3.05, 3.63) is 70.9 Å². The molecule has 0 aliphatic heterocycles. The van der Waals surface area contributed by atoms with Gasteiger partial charge in [-0.2, -0.15) is 5.10 Å². The number of halogens is 2. The molecule has 10 heteroatoms. The maximum absolute atomic E-state index is 14.2. The lowest BCUT2D eigenvalue weighted by molar-refractivity contribution is 0.134. The molecule has 0 spiro atoms. The van der Waals surface area contributed by atoms with Crippen LogP contribution in [-0.4, -0.2) is 43.7 Å². The van der Waals surface area contributed by atoms with Crippen LogP contribution in [0.5, 0.6) is 0 Å². The van der Waals surface area contributed by atoms with Crippen molar-refractivity contribution in [2.45, 2.75) is 6.54 Å². The lowest BCUT2D eigenvalue weighted by atomic mass is 10.1. The van der Waals surface area contributed by atoms with Gasteiger partial charge in [0.25, 0.3) is 0 Å². The molecule has 3 aromatic heterocycles. The minimum Gasteiger partial charge on any atom is -0.378 e. The molecule has 3 N–H and O–H groups in total. The summed E-state index contributed by atoms with van der Waals surface area (Å²) in [6, 6.07) is 8.88. The van der Waals surface area contributed by atoms with Crippen LogP contribution in [0.4, 0.5) is 8.78 Å². The Morgan fingerprint density at radius 2 is 1.76 bits per heavy atom. The number of nitrogens with two attached hydrogens (primary N) is 1. The van der Waals surface area contributed by atoms with Crippen LogP contribution in [0.15, 0.2) is 53.6 Å². The first kappa shape index (κ1) is 21.1. The third-order valence-electron chi connectivity index (χ3n) is 5.67. The number of aromatic nitrogens is 5. The highest BCUT2D eigenvalue weighted by Gasteiger charge is 2.21. The van der Waals surface area contributed by atoms with Crippen molar-refractivity contribution in [1.29, 1.82) is 0 Å². The number of hydrogen-bond donors (Lipinski definition) is 2. The molecule has 0 atom stereocenters. The van der Waals surface area contributed by atoms with Gasteiger partial charge in [-0.25, -0.2) is 23.2 Å². The van der Waals surface area contributed by atoms with Gasteiger partial charge in [-0.3, -0.25) is 0 Å². The first-order valence-electron chi connectivity index (χ1n) is 10.5. The van der Waals surface area contributed by atoms with Crippen molar-refractivity contribution in [2.75, 3.05) is 19.8 Å². The molecule has 5 aromatic rings. The number of nitrogens with one attached hydrogen (secondary N) is 1. The lowest BCUT2D eigenvalue weighted by Gasteiger charge is -2.05. The molecule has 170 valence electrons. The van der Waals surface area contributed by atoms with Gasteiger partial charge in [0.2, 0.25) is 0 Å². The fraction of sp³-hybridized carbons (Fsp3) is 0.217. The summed E-state index contributed by atoms with van der Waals surface area (Å²) >= 11 is 0. The fourth-order valence-corrected chi connectivity index (χ4v) is 4.21. The van der Waals surface area contributed by atoms with E-state index in [0.29, 0.717) is 54.2 Å². The van der Waals surface area contributed by atoms with Gasteiger partial charge in [0.05, 0.1) is 24.4 Å². The number of aromatic amines is 1. The van der Waals surface area contributed by atoms with Crippen molar-refractivity contribution in [3.63, 3.8) is 0 Å². The number of hydrogen-bond acceptors (Lipinski definition) is 4. The first-order chi connectivity index (χ1) is 16.0. The highest BCUT2D eigenvalue weighted by molar-refractivity contribution is 5.96. The van der Waals surface area contributed by atoms with Crippen molar-refractivity contribution in [3.8, 4) is 17.1 Å². The van der Waals surface area contributed by atoms with Gasteiger partial charge in [-0.05, 0) is 36.4 Å². The molecular formula is C23H22F2N6O2. The third-order valence-corrected chi connectivity index (χ3v) is 5.67. The van der Waals surface area contributed by atoms with Gasteiger partial charge in [-0.1, -0.05) is 0 Å². The normalized spacial score (nSPS) is 11.8. The number of benzene rings is 2. The number of rotatable bonds is 7. The quantitative estimate of drug-likeness (QED) is 0.371. The zero-order chi connectivity index (χ0) is 23.1. The van der Waals surface area contributed by atoms with Crippen LogP contribution in [0, 0.1) is 11.6 Å². The number of nitrogens with zero attached hydrogens (tertiary/aromatic N) is 4. The van der Waals surface area contributed by atoms with E-state index in [0.717, 1.165) is 11.0 Å². The summed E-state index contributed by atoms with van der Waals surface area (Å²) in [5.74, 6) is -0.513. The Hall–Kier alpha value is -3.76. The van der Waals surface area contributed by atoms with Crippen LogP contribution < -0.4 is 11.4 Å². The summed E-state index contributed by atoms with van der Waals surface area (Å²) in [4.78, 5) is 12.9. The number of ether oxygens (including phenoxy) is 1. The molecular weight excluding hydrogens is 430 g/mol. The van der Waals surface area contributed by atoms with Crippen molar-refractivity contribution >= 4 is 21.8 Å². The molecule has 2 aromatic carbocycles. The van der Waals surface area contributed by atoms with Gasteiger partial charge in [0.1, 0.15) is 11.6 Å². The van der Waals surface area contributed by atoms with Crippen LogP contribution in [0.3, 0.4) is 0 Å². The Labute approximate surface area is 186 Å². The van der Waals surface area contributed by atoms with E-state index in [1.807, 2.05) is 16.2 Å². The van der Waals surface area contributed by atoms with Crippen LogP contribution in [-0.2, 0) is 18.3 Å². The molecule has 0 amide bonds. The Kier molecular flexibility index (Phi) is 5.31. The second kappa shape index (κ2) is 8.30. The summed E-state index contributed by atoms with van der Waals surface area (Å²) in [7, 11) is 1.83. The molecule has 33 heavy (non-hydrogen) atoms. The van der Waals surface area contributed by atoms with Gasteiger partial charge in [0.15, 0.2) is 5.82 Å². The summed E-state index contributed by atoms with van der Waals surface area (Å²) in [5, 5.41) is 7.87. The van der Waals surface area contributed by atoms with E-state index in [-0.39, 0.29) is 0 Å². The van der Waals surface area contributed by atoms with Crippen molar-refractivity contribution in [2.24, 2.45) is 12.8 Å².